The molecule has 1 saturated heterocycles. The molecule has 2 aromatic heterocycles. The Kier molecular flexibility index (Phi) is 4.04. The van der Waals surface area contributed by atoms with Crippen LogP contribution in [0.25, 0.3) is 4.96 Å². The fourth-order valence-corrected chi connectivity index (χ4v) is 4.72. The summed E-state index contributed by atoms with van der Waals surface area (Å²) in [5.74, 6) is 1.84. The number of hydrogen-bond acceptors (Lipinski definition) is 5. The first-order valence-electron chi connectivity index (χ1n) is 7.22. The van der Waals surface area contributed by atoms with Crippen molar-refractivity contribution in [3.8, 4) is 0 Å². The Morgan fingerprint density at radius 2 is 2.36 bits per heavy atom. The van der Waals surface area contributed by atoms with Crippen LogP contribution >= 0.6 is 34.7 Å². The predicted molar refractivity (Wildman–Crippen MR) is 88.4 cm³/mol. The van der Waals surface area contributed by atoms with Crippen LogP contribution in [0.4, 0.5) is 0 Å². The Labute approximate surface area is 141 Å². The zero-order valence-electron chi connectivity index (χ0n) is 11.8. The highest BCUT2D eigenvalue weighted by molar-refractivity contribution is 8.00. The number of rotatable bonds is 4. The third kappa shape index (κ3) is 2.86. The van der Waals surface area contributed by atoms with Crippen LogP contribution in [-0.4, -0.2) is 26.4 Å². The van der Waals surface area contributed by atoms with Crippen LogP contribution in [0.5, 0.6) is 0 Å². The van der Waals surface area contributed by atoms with E-state index in [0.29, 0.717) is 6.04 Å². The number of nitrogens with zero attached hydrogens (tertiary/aromatic N) is 4. The normalized spacial score (nSPS) is 18.3. The van der Waals surface area contributed by atoms with Gasteiger partial charge in [0.2, 0.25) is 10.8 Å². The van der Waals surface area contributed by atoms with E-state index in [1.165, 1.54) is 18.5 Å². The zero-order valence-corrected chi connectivity index (χ0v) is 14.2. The fraction of sp³-hybridized carbons (Fsp3) is 0.357. The molecule has 1 fully saturated rings. The number of nitrogens with two attached hydrogens (primary N) is 1. The monoisotopic (exact) mass is 352 g/mol. The second kappa shape index (κ2) is 6.16. The van der Waals surface area contributed by atoms with Gasteiger partial charge in [-0.05, 0) is 17.7 Å². The molecule has 2 N–H and O–H groups in total. The van der Waals surface area contributed by atoms with Gasteiger partial charge in [0, 0.05) is 23.6 Å². The summed E-state index contributed by atoms with van der Waals surface area (Å²) in [5, 5.41) is 16.4. The number of benzene rings is 1. The quantitative estimate of drug-likeness (QED) is 0.733. The molecule has 1 aromatic carbocycles. The smallest absolute Gasteiger partial charge is 0.235 e. The van der Waals surface area contributed by atoms with Crippen molar-refractivity contribution in [3.63, 3.8) is 0 Å². The van der Waals surface area contributed by atoms with Crippen molar-refractivity contribution in [2.45, 2.75) is 29.0 Å². The summed E-state index contributed by atoms with van der Waals surface area (Å²) < 4.78 is 2.93. The molecule has 114 valence electrons. The summed E-state index contributed by atoms with van der Waals surface area (Å²) in [4.78, 5) is 0.879. The molecule has 0 unspecified atom stereocenters. The molecular weight excluding hydrogens is 338 g/mol. The number of halogens is 1. The van der Waals surface area contributed by atoms with E-state index < -0.39 is 0 Å². The molecule has 3 aromatic rings. The predicted octanol–water partition coefficient (Wildman–Crippen LogP) is 2.53. The van der Waals surface area contributed by atoms with Gasteiger partial charge in [-0.1, -0.05) is 46.8 Å². The lowest BCUT2D eigenvalue weighted by molar-refractivity contribution is -0.677. The SMILES string of the molecule is Clc1cccc(CSc2nn3c([C@H]4CCC[NH2+]4)nnc3s2)c1. The van der Waals surface area contributed by atoms with Crippen molar-refractivity contribution < 1.29 is 5.32 Å². The second-order valence-electron chi connectivity index (χ2n) is 5.31. The molecule has 0 saturated carbocycles. The number of aromatic nitrogens is 4. The highest BCUT2D eigenvalue weighted by Gasteiger charge is 2.27. The van der Waals surface area contributed by atoms with E-state index in [9.17, 15) is 0 Å². The van der Waals surface area contributed by atoms with Crippen molar-refractivity contribution in [2.75, 3.05) is 6.54 Å². The minimum Gasteiger partial charge on any atom is -0.337 e. The van der Waals surface area contributed by atoms with E-state index in [1.807, 2.05) is 22.7 Å². The lowest BCUT2D eigenvalue weighted by Crippen LogP contribution is -2.82. The highest BCUT2D eigenvalue weighted by Crippen LogP contribution is 2.29. The molecule has 0 bridgehead atoms. The second-order valence-corrected chi connectivity index (χ2v) is 7.93. The number of quaternary nitrogens is 1. The van der Waals surface area contributed by atoms with Gasteiger partial charge in [0.05, 0.1) is 6.54 Å². The topological polar surface area (TPSA) is 59.7 Å². The van der Waals surface area contributed by atoms with Gasteiger partial charge in [0.1, 0.15) is 6.04 Å². The molecule has 22 heavy (non-hydrogen) atoms. The van der Waals surface area contributed by atoms with Gasteiger partial charge in [0.25, 0.3) is 0 Å². The van der Waals surface area contributed by atoms with Gasteiger partial charge in [-0.15, -0.1) is 15.3 Å². The van der Waals surface area contributed by atoms with Gasteiger partial charge in [-0.2, -0.15) is 4.52 Å². The van der Waals surface area contributed by atoms with E-state index in [-0.39, 0.29) is 0 Å². The molecule has 0 aliphatic carbocycles. The minimum atomic E-state index is 0.405. The van der Waals surface area contributed by atoms with Gasteiger partial charge < -0.3 is 5.32 Å². The Balaban J connectivity index is 1.53. The van der Waals surface area contributed by atoms with Gasteiger partial charge in [-0.25, -0.2) is 0 Å². The average Bonchev–Trinajstić information content (AvgIpc) is 3.21. The van der Waals surface area contributed by atoms with E-state index in [0.717, 1.165) is 32.3 Å². The lowest BCUT2D eigenvalue weighted by atomic mass is 10.2. The van der Waals surface area contributed by atoms with Crippen LogP contribution < -0.4 is 5.32 Å². The van der Waals surface area contributed by atoms with E-state index in [1.54, 1.807) is 23.1 Å². The summed E-state index contributed by atoms with van der Waals surface area (Å²) in [7, 11) is 0. The van der Waals surface area contributed by atoms with Crippen LogP contribution in [-0.2, 0) is 5.75 Å². The van der Waals surface area contributed by atoms with Crippen LogP contribution in [0.2, 0.25) is 5.02 Å². The number of thioether (sulfide) groups is 1. The van der Waals surface area contributed by atoms with Gasteiger partial charge in [-0.3, -0.25) is 0 Å². The maximum absolute atomic E-state index is 6.02. The fourth-order valence-electron chi connectivity index (χ4n) is 2.69. The summed E-state index contributed by atoms with van der Waals surface area (Å²) in [6, 6.07) is 8.35. The molecular formula is C14H15ClN5S2+. The first-order chi connectivity index (χ1) is 10.8. The van der Waals surface area contributed by atoms with Crippen molar-refractivity contribution in [2.24, 2.45) is 0 Å². The lowest BCUT2D eigenvalue weighted by Gasteiger charge is -2.02. The van der Waals surface area contributed by atoms with Gasteiger partial charge >= 0.3 is 0 Å². The van der Waals surface area contributed by atoms with E-state index >= 15 is 0 Å². The third-order valence-corrected chi connectivity index (χ3v) is 6.09. The average molecular weight is 353 g/mol. The standard InChI is InChI=1S/C14H14ClN5S2/c15-10-4-1-3-9(7-10)8-21-14-19-20-12(11-5-2-6-16-11)17-18-13(20)22-14/h1,3-4,7,11,16H,2,5-6,8H2/p+1/t11-/m1/s1. The van der Waals surface area contributed by atoms with Crippen LogP contribution in [0, 0.1) is 0 Å². The van der Waals surface area contributed by atoms with Crippen molar-refractivity contribution >= 4 is 39.7 Å². The first-order valence-corrected chi connectivity index (χ1v) is 9.40. The van der Waals surface area contributed by atoms with E-state index in [4.69, 9.17) is 11.6 Å². The van der Waals surface area contributed by atoms with E-state index in [2.05, 4.69) is 26.7 Å². The zero-order chi connectivity index (χ0) is 14.9. The Morgan fingerprint density at radius 1 is 1.41 bits per heavy atom. The third-order valence-electron chi connectivity index (χ3n) is 3.75. The summed E-state index contributed by atoms with van der Waals surface area (Å²) in [6.45, 7) is 1.17. The Hall–Kier alpha value is -1.15. The summed E-state index contributed by atoms with van der Waals surface area (Å²) in [6.07, 6.45) is 2.39. The maximum Gasteiger partial charge on any atom is 0.235 e. The van der Waals surface area contributed by atoms with Crippen LogP contribution in [0.1, 0.15) is 30.3 Å². The maximum atomic E-state index is 6.02. The molecule has 1 aliphatic rings. The molecule has 1 aliphatic heterocycles. The first kappa shape index (κ1) is 14.4. The molecule has 8 heteroatoms. The molecule has 0 spiro atoms. The summed E-state index contributed by atoms with van der Waals surface area (Å²) in [5.41, 5.74) is 1.20. The van der Waals surface area contributed by atoms with Gasteiger partial charge in [0.15, 0.2) is 4.34 Å². The molecule has 5 nitrogen and oxygen atoms in total. The largest absolute Gasteiger partial charge is 0.337 e. The molecule has 1 atom stereocenters. The molecule has 4 rings (SSSR count). The molecule has 0 radical (unpaired) electrons. The molecule has 0 amide bonds. The minimum absolute atomic E-state index is 0.405. The van der Waals surface area contributed by atoms with Crippen LogP contribution in [0.15, 0.2) is 28.6 Å². The summed E-state index contributed by atoms with van der Waals surface area (Å²) >= 11 is 9.33. The van der Waals surface area contributed by atoms with Crippen molar-refractivity contribution in [1.82, 2.24) is 19.8 Å². The van der Waals surface area contributed by atoms with Crippen molar-refractivity contribution in [1.29, 1.82) is 0 Å². The molecule has 3 heterocycles. The van der Waals surface area contributed by atoms with Crippen molar-refractivity contribution in [3.05, 3.63) is 40.7 Å². The number of hydrogen-bond donors (Lipinski definition) is 1. The number of fused-ring (bicyclic) bond motifs is 1. The Bertz CT molecular complexity index is 793. The Morgan fingerprint density at radius 3 is 3.18 bits per heavy atom. The highest BCUT2D eigenvalue weighted by atomic mass is 35.5. The van der Waals surface area contributed by atoms with Crippen LogP contribution in [0.3, 0.4) is 0 Å².